The maximum atomic E-state index is 12.5. The van der Waals surface area contributed by atoms with Crippen LogP contribution in [0.15, 0.2) is 51.8 Å². The lowest BCUT2D eigenvalue weighted by Gasteiger charge is -2.16. The van der Waals surface area contributed by atoms with Gasteiger partial charge in [-0.25, -0.2) is 8.42 Å². The summed E-state index contributed by atoms with van der Waals surface area (Å²) < 4.78 is 28.2. The van der Waals surface area contributed by atoms with Gasteiger partial charge in [0, 0.05) is 22.3 Å². The zero-order chi connectivity index (χ0) is 19.3. The standard InChI is InChI=1S/C16H18BrN3O5S/c1-2-12(10-21)18-15-8-7-14(9-16(15)20(22)23)26(24,25)19-13-5-3-11(17)4-6-13/h3-9,12,18-19,21H,2,10H2,1H3/t12-/m1/s1. The first kappa shape index (κ1) is 20.1. The fourth-order valence-corrected chi connectivity index (χ4v) is 3.52. The molecule has 0 aliphatic rings. The van der Waals surface area contributed by atoms with Gasteiger partial charge in [0.15, 0.2) is 0 Å². The van der Waals surface area contributed by atoms with Gasteiger partial charge in [-0.1, -0.05) is 22.9 Å². The van der Waals surface area contributed by atoms with E-state index >= 15 is 0 Å². The summed E-state index contributed by atoms with van der Waals surface area (Å²) in [6, 6.07) is 9.72. The number of sulfonamides is 1. The van der Waals surface area contributed by atoms with Gasteiger partial charge < -0.3 is 10.4 Å². The summed E-state index contributed by atoms with van der Waals surface area (Å²) in [5, 5.41) is 23.4. The number of hydrogen-bond donors (Lipinski definition) is 3. The first-order valence-corrected chi connectivity index (χ1v) is 9.98. The summed E-state index contributed by atoms with van der Waals surface area (Å²) in [6.45, 7) is 1.62. The molecule has 26 heavy (non-hydrogen) atoms. The minimum atomic E-state index is -3.99. The largest absolute Gasteiger partial charge is 0.394 e. The molecule has 0 heterocycles. The van der Waals surface area contributed by atoms with E-state index in [4.69, 9.17) is 0 Å². The fourth-order valence-electron chi connectivity index (χ4n) is 2.18. The lowest BCUT2D eigenvalue weighted by molar-refractivity contribution is -0.384. The molecule has 2 aromatic rings. The number of benzene rings is 2. The number of nitrogens with zero attached hydrogens (tertiary/aromatic N) is 1. The highest BCUT2D eigenvalue weighted by atomic mass is 79.9. The van der Waals surface area contributed by atoms with E-state index in [0.29, 0.717) is 12.1 Å². The summed E-state index contributed by atoms with van der Waals surface area (Å²) in [7, 11) is -3.99. The van der Waals surface area contributed by atoms with Crippen molar-refractivity contribution in [1.29, 1.82) is 0 Å². The summed E-state index contributed by atoms with van der Waals surface area (Å²) >= 11 is 3.26. The number of rotatable bonds is 8. The van der Waals surface area contributed by atoms with E-state index in [0.717, 1.165) is 10.5 Å². The lowest BCUT2D eigenvalue weighted by Crippen LogP contribution is -2.23. The van der Waals surface area contributed by atoms with Gasteiger partial charge in [-0.3, -0.25) is 14.8 Å². The molecule has 140 valence electrons. The van der Waals surface area contributed by atoms with Crippen molar-refractivity contribution in [3.63, 3.8) is 0 Å². The molecule has 0 saturated heterocycles. The van der Waals surface area contributed by atoms with Crippen molar-refractivity contribution >= 4 is 43.0 Å². The van der Waals surface area contributed by atoms with Crippen LogP contribution >= 0.6 is 15.9 Å². The molecule has 0 saturated carbocycles. The Kier molecular flexibility index (Phi) is 6.57. The second kappa shape index (κ2) is 8.47. The molecule has 0 unspecified atom stereocenters. The van der Waals surface area contributed by atoms with Crippen molar-refractivity contribution in [2.24, 2.45) is 0 Å². The Hall–Kier alpha value is -2.17. The van der Waals surface area contributed by atoms with Gasteiger partial charge in [-0.15, -0.1) is 0 Å². The molecule has 0 spiro atoms. The van der Waals surface area contributed by atoms with E-state index in [1.54, 1.807) is 24.3 Å². The van der Waals surface area contributed by atoms with E-state index in [1.165, 1.54) is 12.1 Å². The second-order valence-corrected chi connectivity index (χ2v) is 8.08. The number of nitro groups is 1. The number of hydrogen-bond acceptors (Lipinski definition) is 6. The predicted molar refractivity (Wildman–Crippen MR) is 103 cm³/mol. The molecule has 3 N–H and O–H groups in total. The molecule has 0 fully saturated rings. The molecule has 8 nitrogen and oxygen atoms in total. The average molecular weight is 444 g/mol. The molecule has 0 amide bonds. The fraction of sp³-hybridized carbons (Fsp3) is 0.250. The maximum Gasteiger partial charge on any atom is 0.293 e. The van der Waals surface area contributed by atoms with Crippen LogP contribution in [0.4, 0.5) is 17.1 Å². The molecule has 1 atom stereocenters. The highest BCUT2D eigenvalue weighted by Gasteiger charge is 2.22. The van der Waals surface area contributed by atoms with Crippen molar-refractivity contribution in [1.82, 2.24) is 0 Å². The van der Waals surface area contributed by atoms with Crippen molar-refractivity contribution in [2.75, 3.05) is 16.6 Å². The van der Waals surface area contributed by atoms with Crippen LogP contribution in [0.1, 0.15) is 13.3 Å². The number of halogens is 1. The summed E-state index contributed by atoms with van der Waals surface area (Å²) in [6.07, 6.45) is 0.554. The normalized spacial score (nSPS) is 12.4. The zero-order valence-electron chi connectivity index (χ0n) is 13.8. The molecule has 0 aliphatic carbocycles. The quantitative estimate of drug-likeness (QED) is 0.424. The molecule has 10 heteroatoms. The monoisotopic (exact) mass is 443 g/mol. The Bertz CT molecular complexity index is 883. The van der Waals surface area contributed by atoms with Gasteiger partial charge in [0.1, 0.15) is 5.69 Å². The van der Waals surface area contributed by atoms with E-state index < -0.39 is 14.9 Å². The van der Waals surface area contributed by atoms with Crippen molar-refractivity contribution < 1.29 is 18.4 Å². The van der Waals surface area contributed by atoms with E-state index in [2.05, 4.69) is 26.0 Å². The van der Waals surface area contributed by atoms with Gasteiger partial charge in [0.25, 0.3) is 15.7 Å². The van der Waals surface area contributed by atoms with Crippen LogP contribution in [0, 0.1) is 10.1 Å². The SMILES string of the molecule is CC[C@H](CO)Nc1ccc(S(=O)(=O)Nc2ccc(Br)cc2)cc1[N+](=O)[O-]. The molecular formula is C16H18BrN3O5S. The third kappa shape index (κ3) is 4.93. The van der Waals surface area contributed by atoms with Crippen molar-refractivity contribution in [3.05, 3.63) is 57.1 Å². The highest BCUT2D eigenvalue weighted by Crippen LogP contribution is 2.29. The minimum absolute atomic E-state index is 0.151. The van der Waals surface area contributed by atoms with E-state index in [9.17, 15) is 23.6 Å². The van der Waals surface area contributed by atoms with Crippen LogP contribution in [0.5, 0.6) is 0 Å². The van der Waals surface area contributed by atoms with E-state index in [1.807, 2.05) is 6.92 Å². The number of anilines is 2. The molecule has 0 aromatic heterocycles. The highest BCUT2D eigenvalue weighted by molar-refractivity contribution is 9.10. The zero-order valence-corrected chi connectivity index (χ0v) is 16.2. The van der Waals surface area contributed by atoms with Crippen LogP contribution in [-0.2, 0) is 10.0 Å². The lowest BCUT2D eigenvalue weighted by atomic mass is 10.2. The Morgan fingerprint density at radius 2 is 1.88 bits per heavy atom. The molecule has 2 rings (SSSR count). The second-order valence-electron chi connectivity index (χ2n) is 5.48. The Balaban J connectivity index is 2.35. The smallest absolute Gasteiger partial charge is 0.293 e. The van der Waals surface area contributed by atoms with Gasteiger partial charge in [0.05, 0.1) is 16.4 Å². The van der Waals surface area contributed by atoms with Crippen molar-refractivity contribution in [3.8, 4) is 0 Å². The first-order chi connectivity index (χ1) is 12.3. The summed E-state index contributed by atoms with van der Waals surface area (Å²) in [5.74, 6) is 0. The van der Waals surface area contributed by atoms with Crippen LogP contribution in [0.2, 0.25) is 0 Å². The first-order valence-electron chi connectivity index (χ1n) is 7.71. The minimum Gasteiger partial charge on any atom is -0.394 e. The Morgan fingerprint density at radius 1 is 1.23 bits per heavy atom. The van der Waals surface area contributed by atoms with Crippen LogP contribution in [-0.4, -0.2) is 31.1 Å². The number of nitrogens with one attached hydrogen (secondary N) is 2. The topological polar surface area (TPSA) is 122 Å². The number of nitro benzene ring substituents is 1. The number of aliphatic hydroxyl groups excluding tert-OH is 1. The van der Waals surface area contributed by atoms with Gasteiger partial charge in [-0.05, 0) is 42.8 Å². The Morgan fingerprint density at radius 3 is 2.42 bits per heavy atom. The Labute approximate surface area is 159 Å². The van der Waals surface area contributed by atoms with E-state index in [-0.39, 0.29) is 28.9 Å². The van der Waals surface area contributed by atoms with Gasteiger partial charge >= 0.3 is 0 Å². The van der Waals surface area contributed by atoms with Crippen LogP contribution in [0.3, 0.4) is 0 Å². The average Bonchev–Trinajstić information content (AvgIpc) is 2.61. The molecular weight excluding hydrogens is 426 g/mol. The molecule has 0 bridgehead atoms. The van der Waals surface area contributed by atoms with Crippen molar-refractivity contribution in [2.45, 2.75) is 24.3 Å². The third-order valence-corrected chi connectivity index (χ3v) is 5.55. The molecule has 2 aromatic carbocycles. The van der Waals surface area contributed by atoms with Crippen LogP contribution in [0.25, 0.3) is 0 Å². The number of aliphatic hydroxyl groups is 1. The maximum absolute atomic E-state index is 12.5. The third-order valence-electron chi connectivity index (χ3n) is 3.65. The predicted octanol–water partition coefficient (Wildman–Crippen LogP) is 3.34. The molecule has 0 radical (unpaired) electrons. The van der Waals surface area contributed by atoms with Gasteiger partial charge in [-0.2, -0.15) is 0 Å². The summed E-state index contributed by atoms with van der Waals surface area (Å²) in [4.78, 5) is 10.4. The van der Waals surface area contributed by atoms with Gasteiger partial charge in [0.2, 0.25) is 0 Å². The van der Waals surface area contributed by atoms with Crippen LogP contribution < -0.4 is 10.0 Å². The molecule has 0 aliphatic heterocycles. The summed E-state index contributed by atoms with van der Waals surface area (Å²) in [5.41, 5.74) is 0.110.